The van der Waals surface area contributed by atoms with Gasteiger partial charge in [0.25, 0.3) is 5.91 Å². The molecular weight excluding hydrogens is 194 g/mol. The molecular formula is C7H13NO4S. The summed E-state index contributed by atoms with van der Waals surface area (Å²) in [6.07, 6.45) is 2.60. The first-order valence-corrected chi connectivity index (χ1v) is 5.02. The van der Waals surface area contributed by atoms with Crippen LogP contribution in [0.15, 0.2) is 12.2 Å². The minimum Gasteiger partial charge on any atom is -0.269 e. The van der Waals surface area contributed by atoms with E-state index in [1.807, 2.05) is 20.8 Å². The van der Waals surface area contributed by atoms with Gasteiger partial charge in [0.05, 0.1) is 0 Å². The molecule has 0 aromatic heterocycles. The molecule has 0 atom stereocenters. The Labute approximate surface area is 77.7 Å². The Bertz CT molecular complexity index is 310. The Morgan fingerprint density at radius 2 is 1.85 bits per heavy atom. The molecule has 0 spiro atoms. The van der Waals surface area contributed by atoms with E-state index in [0.29, 0.717) is 0 Å². The molecule has 13 heavy (non-hydrogen) atoms. The molecule has 0 rings (SSSR count). The fraction of sp³-hybridized carbons (Fsp3) is 0.571. The number of carbonyl (C=O) groups is 1. The maximum atomic E-state index is 10.8. The quantitative estimate of drug-likeness (QED) is 0.510. The molecule has 0 radical (unpaired) electrons. The molecule has 0 aromatic carbocycles. The smallest absolute Gasteiger partial charge is 0.269 e. The molecule has 0 saturated heterocycles. The van der Waals surface area contributed by atoms with E-state index in [2.05, 4.69) is 0 Å². The van der Waals surface area contributed by atoms with Gasteiger partial charge in [0.2, 0.25) is 0 Å². The first kappa shape index (κ1) is 12.1. The van der Waals surface area contributed by atoms with Gasteiger partial charge in [-0.05, 0) is 5.41 Å². The number of carbonyl (C=O) groups excluding carboxylic acids is 1. The van der Waals surface area contributed by atoms with Gasteiger partial charge in [-0.2, -0.15) is 8.42 Å². The summed E-state index contributed by atoms with van der Waals surface area (Å²) >= 11 is 0. The van der Waals surface area contributed by atoms with Crippen LogP contribution in [0.1, 0.15) is 20.8 Å². The number of hydrogen-bond acceptors (Lipinski definition) is 3. The van der Waals surface area contributed by atoms with E-state index in [1.54, 1.807) is 0 Å². The van der Waals surface area contributed by atoms with Crippen LogP contribution in [0, 0.1) is 5.41 Å². The van der Waals surface area contributed by atoms with E-state index >= 15 is 0 Å². The summed E-state index contributed by atoms with van der Waals surface area (Å²) in [6, 6.07) is 0. The molecule has 0 aliphatic carbocycles. The second-order valence-corrected chi connectivity index (χ2v) is 4.79. The summed E-state index contributed by atoms with van der Waals surface area (Å²) in [4.78, 5) is 10.8. The lowest BCUT2D eigenvalue weighted by Crippen LogP contribution is -2.28. The van der Waals surface area contributed by atoms with Crippen molar-refractivity contribution in [3.63, 3.8) is 0 Å². The maximum Gasteiger partial charge on any atom is 0.359 e. The van der Waals surface area contributed by atoms with Gasteiger partial charge in [0, 0.05) is 6.08 Å². The van der Waals surface area contributed by atoms with Crippen molar-refractivity contribution in [2.45, 2.75) is 20.8 Å². The predicted molar refractivity (Wildman–Crippen MR) is 48.3 cm³/mol. The molecule has 0 fully saturated rings. The second kappa shape index (κ2) is 3.89. The van der Waals surface area contributed by atoms with E-state index in [1.165, 1.54) is 10.8 Å². The van der Waals surface area contributed by atoms with Crippen molar-refractivity contribution < 1.29 is 17.8 Å². The van der Waals surface area contributed by atoms with E-state index in [4.69, 9.17) is 4.55 Å². The van der Waals surface area contributed by atoms with Crippen molar-refractivity contribution in [1.29, 1.82) is 0 Å². The topological polar surface area (TPSA) is 83.5 Å². The van der Waals surface area contributed by atoms with Crippen molar-refractivity contribution in [2.75, 3.05) is 0 Å². The third-order valence-electron chi connectivity index (χ3n) is 0.964. The lowest BCUT2D eigenvalue weighted by molar-refractivity contribution is -0.115. The Morgan fingerprint density at radius 3 is 2.15 bits per heavy atom. The van der Waals surface area contributed by atoms with Crippen LogP contribution in [0.4, 0.5) is 0 Å². The first-order valence-electron chi connectivity index (χ1n) is 3.58. The summed E-state index contributed by atoms with van der Waals surface area (Å²) in [5, 5.41) is 0. The summed E-state index contributed by atoms with van der Waals surface area (Å²) in [6.45, 7) is 5.55. The lowest BCUT2D eigenvalue weighted by Gasteiger charge is -2.10. The van der Waals surface area contributed by atoms with Crippen molar-refractivity contribution in [3.8, 4) is 0 Å². The molecule has 0 heterocycles. The monoisotopic (exact) mass is 207 g/mol. The number of nitrogens with one attached hydrogen (secondary N) is 1. The van der Waals surface area contributed by atoms with E-state index in [0.717, 1.165) is 6.08 Å². The van der Waals surface area contributed by atoms with Gasteiger partial charge >= 0.3 is 10.3 Å². The first-order chi connectivity index (χ1) is 5.60. The van der Waals surface area contributed by atoms with Crippen LogP contribution in [-0.4, -0.2) is 18.9 Å². The van der Waals surface area contributed by atoms with Gasteiger partial charge in [-0.1, -0.05) is 26.8 Å². The third-order valence-corrected chi connectivity index (χ3v) is 1.42. The molecule has 2 N–H and O–H groups in total. The van der Waals surface area contributed by atoms with Gasteiger partial charge in [-0.15, -0.1) is 0 Å². The zero-order valence-corrected chi connectivity index (χ0v) is 8.55. The fourth-order valence-electron chi connectivity index (χ4n) is 0.487. The van der Waals surface area contributed by atoms with Crippen LogP contribution in [0.25, 0.3) is 0 Å². The van der Waals surface area contributed by atoms with Gasteiger partial charge in [0.15, 0.2) is 0 Å². The van der Waals surface area contributed by atoms with Gasteiger partial charge in [0.1, 0.15) is 0 Å². The normalized spacial score (nSPS) is 13.2. The van der Waals surface area contributed by atoms with Crippen LogP contribution >= 0.6 is 0 Å². The highest BCUT2D eigenvalue weighted by Gasteiger charge is 2.09. The molecule has 0 aromatic rings. The Kier molecular flexibility index (Phi) is 3.62. The van der Waals surface area contributed by atoms with Gasteiger partial charge < -0.3 is 0 Å². The Hall–Kier alpha value is -0.880. The van der Waals surface area contributed by atoms with Crippen molar-refractivity contribution in [3.05, 3.63) is 12.2 Å². The summed E-state index contributed by atoms with van der Waals surface area (Å²) in [5.41, 5.74) is -0.212. The molecule has 0 unspecified atom stereocenters. The zero-order chi connectivity index (χ0) is 10.7. The van der Waals surface area contributed by atoms with E-state index < -0.39 is 16.2 Å². The van der Waals surface area contributed by atoms with E-state index in [-0.39, 0.29) is 5.41 Å². The van der Waals surface area contributed by atoms with Gasteiger partial charge in [-0.3, -0.25) is 9.35 Å². The van der Waals surface area contributed by atoms with Crippen LogP contribution in [0.5, 0.6) is 0 Å². The standard InChI is InChI=1S/C7H13NO4S/c1-7(2,3)5-4-6(9)8-13(10,11)12/h4-5H,1-3H3,(H,8,9)(H,10,11,12). The van der Waals surface area contributed by atoms with Crippen LogP contribution in [-0.2, 0) is 15.1 Å². The maximum absolute atomic E-state index is 10.8. The molecule has 1 amide bonds. The Balaban J connectivity index is 4.27. The highest BCUT2D eigenvalue weighted by molar-refractivity contribution is 7.84. The van der Waals surface area contributed by atoms with E-state index in [9.17, 15) is 13.2 Å². The molecule has 0 bridgehead atoms. The SMILES string of the molecule is CC(C)(C)C=CC(=O)NS(=O)(=O)O. The van der Waals surface area contributed by atoms with Crippen LogP contribution in [0.3, 0.4) is 0 Å². The predicted octanol–water partition coefficient (Wildman–Crippen LogP) is 0.508. The largest absolute Gasteiger partial charge is 0.359 e. The van der Waals surface area contributed by atoms with Crippen LogP contribution < -0.4 is 4.72 Å². The highest BCUT2D eigenvalue weighted by atomic mass is 32.2. The van der Waals surface area contributed by atoms with Crippen molar-refractivity contribution >= 4 is 16.2 Å². The molecule has 76 valence electrons. The second-order valence-electron chi connectivity index (χ2n) is 3.64. The minimum absolute atomic E-state index is 0.212. The fourth-order valence-corrected chi connectivity index (χ4v) is 0.809. The number of rotatable bonds is 2. The number of amides is 1. The van der Waals surface area contributed by atoms with Gasteiger partial charge in [-0.25, -0.2) is 4.72 Å². The molecule has 5 nitrogen and oxygen atoms in total. The molecule has 0 aliphatic rings. The average Bonchev–Trinajstić information content (AvgIpc) is 1.78. The molecule has 6 heteroatoms. The lowest BCUT2D eigenvalue weighted by atomic mass is 9.96. The van der Waals surface area contributed by atoms with Crippen molar-refractivity contribution in [1.82, 2.24) is 4.72 Å². The van der Waals surface area contributed by atoms with Crippen molar-refractivity contribution in [2.24, 2.45) is 5.41 Å². The highest BCUT2D eigenvalue weighted by Crippen LogP contribution is 2.13. The number of hydrogen-bond donors (Lipinski definition) is 2. The molecule has 0 aliphatic heterocycles. The number of allylic oxidation sites excluding steroid dienone is 1. The van der Waals surface area contributed by atoms with Crippen LogP contribution in [0.2, 0.25) is 0 Å². The third kappa shape index (κ3) is 9.03. The minimum atomic E-state index is -4.44. The Morgan fingerprint density at radius 1 is 1.38 bits per heavy atom. The molecule has 0 saturated carbocycles. The zero-order valence-electron chi connectivity index (χ0n) is 7.73. The summed E-state index contributed by atoms with van der Waals surface area (Å²) in [7, 11) is -4.44. The summed E-state index contributed by atoms with van der Waals surface area (Å²) in [5.74, 6) is -0.863. The average molecular weight is 207 g/mol. The summed E-state index contributed by atoms with van der Waals surface area (Å²) < 4.78 is 29.9.